The number of carbonyl (C=O) groups excluding carboxylic acids is 1. The maximum atomic E-state index is 14.1. The van der Waals surface area contributed by atoms with Crippen LogP contribution in [0.4, 0.5) is 13.2 Å². The first-order chi connectivity index (χ1) is 11.9. The maximum absolute atomic E-state index is 14.1. The highest BCUT2D eigenvalue weighted by atomic mass is 19.3. The number of hydrogen-bond donors (Lipinski definition) is 0. The number of carbonyl (C=O) groups is 1. The SMILES string of the molecule is CN(C)C(=O)Cn1cc(F)c2ncc(-c3cccc(C(F)F)c3)cc21. The van der Waals surface area contributed by atoms with Crippen LogP contribution in [0.1, 0.15) is 12.0 Å². The van der Waals surface area contributed by atoms with Gasteiger partial charge in [0.1, 0.15) is 12.1 Å². The first-order valence-corrected chi connectivity index (χ1v) is 7.60. The molecule has 0 aliphatic heterocycles. The fraction of sp³-hybridized carbons (Fsp3) is 0.222. The average Bonchev–Trinajstić information content (AvgIpc) is 2.90. The van der Waals surface area contributed by atoms with Gasteiger partial charge in [0.2, 0.25) is 5.91 Å². The van der Waals surface area contributed by atoms with Crippen molar-refractivity contribution in [2.24, 2.45) is 0 Å². The van der Waals surface area contributed by atoms with Crippen LogP contribution in [0.3, 0.4) is 0 Å². The number of rotatable bonds is 4. The van der Waals surface area contributed by atoms with Gasteiger partial charge in [-0.1, -0.05) is 18.2 Å². The van der Waals surface area contributed by atoms with E-state index >= 15 is 0 Å². The summed E-state index contributed by atoms with van der Waals surface area (Å²) >= 11 is 0. The molecule has 0 atom stereocenters. The minimum absolute atomic E-state index is 0.0321. The Morgan fingerprint density at radius 2 is 2.00 bits per heavy atom. The van der Waals surface area contributed by atoms with Crippen molar-refractivity contribution in [3.05, 3.63) is 54.1 Å². The van der Waals surface area contributed by atoms with Crippen molar-refractivity contribution >= 4 is 16.9 Å². The summed E-state index contributed by atoms with van der Waals surface area (Å²) in [6.07, 6.45) is 0.0858. The molecule has 3 aromatic rings. The molecule has 0 saturated heterocycles. The van der Waals surface area contributed by atoms with E-state index in [-0.39, 0.29) is 23.5 Å². The standard InChI is InChI=1S/C18H16F3N3O/c1-23(2)16(25)10-24-9-14(19)17-15(24)7-13(8-22-17)11-4-3-5-12(6-11)18(20)21/h3-9,18H,10H2,1-2H3. The highest BCUT2D eigenvalue weighted by Crippen LogP contribution is 2.28. The van der Waals surface area contributed by atoms with Crippen LogP contribution in [-0.2, 0) is 11.3 Å². The van der Waals surface area contributed by atoms with Gasteiger partial charge in [0.05, 0.1) is 5.52 Å². The molecule has 0 unspecified atom stereocenters. The van der Waals surface area contributed by atoms with E-state index in [0.29, 0.717) is 16.6 Å². The second-order valence-electron chi connectivity index (χ2n) is 5.91. The molecule has 0 radical (unpaired) electrons. The number of amides is 1. The highest BCUT2D eigenvalue weighted by Gasteiger charge is 2.15. The molecule has 0 spiro atoms. The van der Waals surface area contributed by atoms with Gasteiger partial charge < -0.3 is 9.47 Å². The van der Waals surface area contributed by atoms with Gasteiger partial charge in [-0.2, -0.15) is 0 Å². The Morgan fingerprint density at radius 3 is 2.68 bits per heavy atom. The Bertz CT molecular complexity index is 934. The van der Waals surface area contributed by atoms with Gasteiger partial charge in [-0.15, -0.1) is 0 Å². The first kappa shape index (κ1) is 17.0. The molecule has 0 fully saturated rings. The van der Waals surface area contributed by atoms with E-state index in [0.717, 1.165) is 0 Å². The summed E-state index contributed by atoms with van der Waals surface area (Å²) < 4.78 is 41.3. The predicted octanol–water partition coefficient (Wildman–Crippen LogP) is 3.87. The second kappa shape index (κ2) is 6.58. The summed E-state index contributed by atoms with van der Waals surface area (Å²) in [6, 6.07) is 7.60. The largest absolute Gasteiger partial charge is 0.347 e. The number of aromatic nitrogens is 2. The van der Waals surface area contributed by atoms with E-state index in [4.69, 9.17) is 0 Å². The van der Waals surface area contributed by atoms with Crippen molar-refractivity contribution in [3.63, 3.8) is 0 Å². The molecule has 0 aliphatic carbocycles. The van der Waals surface area contributed by atoms with Gasteiger partial charge >= 0.3 is 0 Å². The smallest absolute Gasteiger partial charge is 0.263 e. The van der Waals surface area contributed by atoms with Crippen LogP contribution < -0.4 is 0 Å². The monoisotopic (exact) mass is 347 g/mol. The van der Waals surface area contributed by atoms with Crippen LogP contribution in [0.2, 0.25) is 0 Å². The molecule has 0 saturated carbocycles. The van der Waals surface area contributed by atoms with Crippen molar-refractivity contribution in [3.8, 4) is 11.1 Å². The van der Waals surface area contributed by atoms with E-state index in [9.17, 15) is 18.0 Å². The molecule has 1 aromatic carbocycles. The summed E-state index contributed by atoms with van der Waals surface area (Å²) in [4.78, 5) is 17.4. The maximum Gasteiger partial charge on any atom is 0.263 e. The quantitative estimate of drug-likeness (QED) is 0.719. The number of likely N-dealkylation sites (N-methyl/N-ethyl adjacent to an activating group) is 1. The minimum Gasteiger partial charge on any atom is -0.347 e. The van der Waals surface area contributed by atoms with Crippen molar-refractivity contribution in [2.75, 3.05) is 14.1 Å². The van der Waals surface area contributed by atoms with Crippen LogP contribution in [0.25, 0.3) is 22.2 Å². The van der Waals surface area contributed by atoms with Crippen LogP contribution in [0.15, 0.2) is 42.7 Å². The van der Waals surface area contributed by atoms with Gasteiger partial charge in [0.25, 0.3) is 6.43 Å². The molecule has 4 nitrogen and oxygen atoms in total. The number of hydrogen-bond acceptors (Lipinski definition) is 2. The second-order valence-corrected chi connectivity index (χ2v) is 5.91. The lowest BCUT2D eigenvalue weighted by atomic mass is 10.0. The van der Waals surface area contributed by atoms with E-state index in [2.05, 4.69) is 4.98 Å². The van der Waals surface area contributed by atoms with Gasteiger partial charge in [-0.3, -0.25) is 9.78 Å². The lowest BCUT2D eigenvalue weighted by molar-refractivity contribution is -0.129. The van der Waals surface area contributed by atoms with Crippen LogP contribution in [0, 0.1) is 5.82 Å². The van der Waals surface area contributed by atoms with Crippen LogP contribution >= 0.6 is 0 Å². The topological polar surface area (TPSA) is 38.1 Å². The Balaban J connectivity index is 2.07. The average molecular weight is 347 g/mol. The van der Waals surface area contributed by atoms with Gasteiger partial charge in [0.15, 0.2) is 5.82 Å². The molecule has 25 heavy (non-hydrogen) atoms. The van der Waals surface area contributed by atoms with E-state index in [1.807, 2.05) is 0 Å². The molecule has 3 rings (SSSR count). The minimum atomic E-state index is -2.57. The fourth-order valence-corrected chi connectivity index (χ4v) is 2.55. The molecule has 0 aliphatic rings. The molecule has 0 N–H and O–H groups in total. The van der Waals surface area contributed by atoms with E-state index in [1.165, 1.54) is 40.1 Å². The summed E-state index contributed by atoms with van der Waals surface area (Å²) in [6.45, 7) is -0.0321. The number of pyridine rings is 1. The highest BCUT2D eigenvalue weighted by molar-refractivity contribution is 5.84. The number of fused-ring (bicyclic) bond motifs is 1. The van der Waals surface area contributed by atoms with Crippen molar-refractivity contribution in [1.29, 1.82) is 0 Å². The molecule has 1 amide bonds. The number of alkyl halides is 2. The normalized spacial score (nSPS) is 11.3. The summed E-state index contributed by atoms with van der Waals surface area (Å²) in [5.74, 6) is -0.726. The lowest BCUT2D eigenvalue weighted by Crippen LogP contribution is -2.25. The zero-order valence-corrected chi connectivity index (χ0v) is 13.7. The third-order valence-corrected chi connectivity index (χ3v) is 3.95. The Hall–Kier alpha value is -2.83. The number of halogens is 3. The fourth-order valence-electron chi connectivity index (χ4n) is 2.55. The Morgan fingerprint density at radius 1 is 1.24 bits per heavy atom. The van der Waals surface area contributed by atoms with Crippen LogP contribution in [-0.4, -0.2) is 34.5 Å². The lowest BCUT2D eigenvalue weighted by Gasteiger charge is -2.12. The molecule has 2 heterocycles. The predicted molar refractivity (Wildman–Crippen MR) is 88.8 cm³/mol. The Kier molecular flexibility index (Phi) is 4.48. The molecule has 130 valence electrons. The number of benzene rings is 1. The third-order valence-electron chi connectivity index (χ3n) is 3.95. The summed E-state index contributed by atoms with van der Waals surface area (Å²) in [7, 11) is 3.23. The van der Waals surface area contributed by atoms with E-state index in [1.54, 1.807) is 26.2 Å². The third kappa shape index (κ3) is 3.35. The molecular formula is C18H16F3N3O. The Labute approximate surface area is 142 Å². The van der Waals surface area contributed by atoms with Crippen molar-refractivity contribution in [2.45, 2.75) is 13.0 Å². The van der Waals surface area contributed by atoms with Crippen molar-refractivity contribution < 1.29 is 18.0 Å². The molecular weight excluding hydrogens is 331 g/mol. The zero-order valence-electron chi connectivity index (χ0n) is 13.7. The van der Waals surface area contributed by atoms with Gasteiger partial charge in [0, 0.05) is 37.6 Å². The van der Waals surface area contributed by atoms with Crippen LogP contribution in [0.5, 0.6) is 0 Å². The molecule has 0 bridgehead atoms. The number of nitrogens with zero attached hydrogens (tertiary/aromatic N) is 3. The first-order valence-electron chi connectivity index (χ1n) is 7.60. The zero-order chi connectivity index (χ0) is 18.1. The molecule has 2 aromatic heterocycles. The van der Waals surface area contributed by atoms with Gasteiger partial charge in [-0.05, 0) is 17.7 Å². The molecule has 7 heteroatoms. The summed E-state index contributed by atoms with van der Waals surface area (Å²) in [5, 5.41) is 0. The van der Waals surface area contributed by atoms with Crippen molar-refractivity contribution in [1.82, 2.24) is 14.5 Å². The summed E-state index contributed by atoms with van der Waals surface area (Å²) in [5.41, 5.74) is 1.61. The van der Waals surface area contributed by atoms with Gasteiger partial charge in [-0.25, -0.2) is 13.2 Å². The van der Waals surface area contributed by atoms with E-state index < -0.39 is 12.2 Å².